The van der Waals surface area contributed by atoms with Gasteiger partial charge in [0.25, 0.3) is 16.0 Å². The Kier molecular flexibility index (Phi) is 3.88. The zero-order chi connectivity index (χ0) is 14.2. The smallest absolute Gasteiger partial charge is 0.245 e. The van der Waals surface area contributed by atoms with Gasteiger partial charge in [-0.2, -0.15) is 5.10 Å². The number of aryl methyl sites for hydroxylation is 3. The van der Waals surface area contributed by atoms with E-state index < -0.39 is 10.0 Å². The normalized spacial score (nSPS) is 11.6. The molecule has 0 aliphatic rings. The Morgan fingerprint density at radius 1 is 1.21 bits per heavy atom. The van der Waals surface area contributed by atoms with E-state index >= 15 is 0 Å². The number of anilines is 1. The fourth-order valence-corrected chi connectivity index (χ4v) is 4.40. The number of nitrogens with zero attached hydrogens (tertiary/aromatic N) is 3. The molecule has 0 atom stereocenters. The third-order valence-electron chi connectivity index (χ3n) is 2.42. The zero-order valence-electron chi connectivity index (χ0n) is 10.4. The third-order valence-corrected chi connectivity index (χ3v) is 6.36. The maximum atomic E-state index is 12.1. The molecule has 0 bridgehead atoms. The number of sulfonamides is 1. The SMILES string of the molecule is Cc1cc(S(=O)(=O)Nc2nnc(C)c(C)n2)sc1Br. The molecule has 102 valence electrons. The Balaban J connectivity index is 2.33. The van der Waals surface area contributed by atoms with Crippen LogP contribution in [0.3, 0.4) is 0 Å². The maximum Gasteiger partial charge on any atom is 0.273 e. The summed E-state index contributed by atoms with van der Waals surface area (Å²) < 4.78 is 27.6. The van der Waals surface area contributed by atoms with Gasteiger partial charge < -0.3 is 0 Å². The van der Waals surface area contributed by atoms with Gasteiger partial charge in [-0.3, -0.25) is 0 Å². The van der Waals surface area contributed by atoms with Crippen molar-refractivity contribution < 1.29 is 8.42 Å². The molecule has 0 unspecified atom stereocenters. The molecular weight excluding hydrogens is 352 g/mol. The zero-order valence-corrected chi connectivity index (χ0v) is 13.6. The van der Waals surface area contributed by atoms with Gasteiger partial charge in [-0.1, -0.05) is 0 Å². The van der Waals surface area contributed by atoms with Crippen molar-refractivity contribution in [2.75, 3.05) is 4.72 Å². The second-order valence-electron chi connectivity index (χ2n) is 3.93. The molecule has 0 amide bonds. The van der Waals surface area contributed by atoms with Crippen molar-refractivity contribution in [3.63, 3.8) is 0 Å². The quantitative estimate of drug-likeness (QED) is 0.905. The number of nitrogens with one attached hydrogen (secondary N) is 1. The van der Waals surface area contributed by atoms with E-state index in [4.69, 9.17) is 0 Å². The van der Waals surface area contributed by atoms with E-state index in [1.54, 1.807) is 19.9 Å². The molecule has 0 spiro atoms. The van der Waals surface area contributed by atoms with E-state index in [2.05, 4.69) is 35.8 Å². The molecule has 0 saturated carbocycles. The lowest BCUT2D eigenvalue weighted by Crippen LogP contribution is -2.15. The summed E-state index contributed by atoms with van der Waals surface area (Å²) in [5.41, 5.74) is 2.17. The van der Waals surface area contributed by atoms with Gasteiger partial charge in [0, 0.05) is 0 Å². The van der Waals surface area contributed by atoms with Crippen molar-refractivity contribution in [3.05, 3.63) is 26.8 Å². The second-order valence-corrected chi connectivity index (χ2v) is 8.21. The number of thiophene rings is 1. The number of rotatable bonds is 3. The minimum Gasteiger partial charge on any atom is -0.245 e. The molecule has 6 nitrogen and oxygen atoms in total. The van der Waals surface area contributed by atoms with Crippen molar-refractivity contribution in [2.45, 2.75) is 25.0 Å². The van der Waals surface area contributed by atoms with Gasteiger partial charge in [0.2, 0.25) is 0 Å². The highest BCUT2D eigenvalue weighted by molar-refractivity contribution is 9.11. The maximum absolute atomic E-state index is 12.1. The van der Waals surface area contributed by atoms with Crippen molar-refractivity contribution in [2.24, 2.45) is 0 Å². The van der Waals surface area contributed by atoms with Crippen LogP contribution in [-0.4, -0.2) is 23.6 Å². The average Bonchev–Trinajstić information content (AvgIpc) is 2.65. The molecule has 19 heavy (non-hydrogen) atoms. The van der Waals surface area contributed by atoms with Crippen LogP contribution in [0.4, 0.5) is 5.95 Å². The number of hydrogen-bond acceptors (Lipinski definition) is 6. The van der Waals surface area contributed by atoms with Gasteiger partial charge in [0.1, 0.15) is 4.21 Å². The molecule has 1 N–H and O–H groups in total. The molecule has 2 aromatic heterocycles. The Morgan fingerprint density at radius 3 is 2.42 bits per heavy atom. The number of halogens is 1. The standard InChI is InChI=1S/C10H11BrN4O2S2/c1-5-4-8(18-9(5)11)19(16,17)15-10-12-6(2)7(3)13-14-10/h4H,1-3H3,(H,12,14,15). The summed E-state index contributed by atoms with van der Waals surface area (Å²) in [5.74, 6) is -0.0229. The van der Waals surface area contributed by atoms with Gasteiger partial charge in [0.15, 0.2) is 0 Å². The first kappa shape index (κ1) is 14.4. The molecule has 0 aliphatic heterocycles. The van der Waals surface area contributed by atoms with Gasteiger partial charge in [-0.05, 0) is 48.3 Å². The second kappa shape index (κ2) is 5.14. The van der Waals surface area contributed by atoms with Crippen molar-refractivity contribution in [1.82, 2.24) is 15.2 Å². The summed E-state index contributed by atoms with van der Waals surface area (Å²) in [6.45, 7) is 5.33. The molecule has 2 heterocycles. The average molecular weight is 363 g/mol. The Bertz CT molecular complexity index is 708. The summed E-state index contributed by atoms with van der Waals surface area (Å²) in [6.07, 6.45) is 0. The van der Waals surface area contributed by atoms with E-state index in [1.165, 1.54) is 0 Å². The highest BCUT2D eigenvalue weighted by Crippen LogP contribution is 2.31. The highest BCUT2D eigenvalue weighted by atomic mass is 79.9. The topological polar surface area (TPSA) is 84.8 Å². The fraction of sp³-hybridized carbons (Fsp3) is 0.300. The van der Waals surface area contributed by atoms with Crippen molar-refractivity contribution >= 4 is 43.2 Å². The van der Waals surface area contributed by atoms with E-state index in [0.717, 1.165) is 20.7 Å². The predicted molar refractivity (Wildman–Crippen MR) is 76.9 cm³/mol. The Labute approximate surface area is 123 Å². The first-order chi connectivity index (χ1) is 8.79. The molecule has 0 saturated heterocycles. The van der Waals surface area contributed by atoms with Crippen LogP contribution in [0.2, 0.25) is 0 Å². The van der Waals surface area contributed by atoms with Crippen LogP contribution in [0.5, 0.6) is 0 Å². The van der Waals surface area contributed by atoms with Crippen LogP contribution >= 0.6 is 27.3 Å². The molecule has 2 aromatic rings. The van der Waals surface area contributed by atoms with Crippen molar-refractivity contribution in [1.29, 1.82) is 0 Å². The minimum absolute atomic E-state index is 0.0229. The predicted octanol–water partition coefficient (Wildman–Crippen LogP) is 2.42. The molecular formula is C10H11BrN4O2S2. The molecule has 0 aromatic carbocycles. The molecule has 0 fully saturated rings. The first-order valence-electron chi connectivity index (χ1n) is 5.26. The largest absolute Gasteiger partial charge is 0.273 e. The van der Waals surface area contributed by atoms with Gasteiger partial charge >= 0.3 is 0 Å². The molecule has 2 rings (SSSR count). The summed E-state index contributed by atoms with van der Waals surface area (Å²) in [5, 5.41) is 7.55. The molecule has 0 radical (unpaired) electrons. The lowest BCUT2D eigenvalue weighted by atomic mass is 10.4. The lowest BCUT2D eigenvalue weighted by Gasteiger charge is -2.05. The monoisotopic (exact) mass is 362 g/mol. The summed E-state index contributed by atoms with van der Waals surface area (Å²) >= 11 is 4.44. The third kappa shape index (κ3) is 3.10. The van der Waals surface area contributed by atoms with E-state index in [1.807, 2.05) is 6.92 Å². The van der Waals surface area contributed by atoms with E-state index in [-0.39, 0.29) is 10.2 Å². The number of aromatic nitrogens is 3. The Morgan fingerprint density at radius 2 is 1.89 bits per heavy atom. The molecule has 0 aliphatic carbocycles. The van der Waals surface area contributed by atoms with Crippen LogP contribution in [0.1, 0.15) is 17.0 Å². The summed E-state index contributed by atoms with van der Waals surface area (Å²) in [7, 11) is -3.67. The van der Waals surface area contributed by atoms with E-state index in [9.17, 15) is 8.42 Å². The van der Waals surface area contributed by atoms with Crippen LogP contribution in [0.25, 0.3) is 0 Å². The van der Waals surface area contributed by atoms with Crippen LogP contribution in [0, 0.1) is 20.8 Å². The van der Waals surface area contributed by atoms with Crippen LogP contribution < -0.4 is 4.72 Å². The summed E-state index contributed by atoms with van der Waals surface area (Å²) in [4.78, 5) is 4.04. The fourth-order valence-electron chi connectivity index (χ4n) is 1.23. The van der Waals surface area contributed by atoms with Crippen LogP contribution in [-0.2, 0) is 10.0 Å². The van der Waals surface area contributed by atoms with Gasteiger partial charge in [-0.25, -0.2) is 18.1 Å². The van der Waals surface area contributed by atoms with Crippen LogP contribution in [0.15, 0.2) is 14.1 Å². The molecule has 9 heteroatoms. The lowest BCUT2D eigenvalue weighted by molar-refractivity contribution is 0.602. The van der Waals surface area contributed by atoms with Gasteiger partial charge in [-0.15, -0.1) is 16.4 Å². The van der Waals surface area contributed by atoms with E-state index in [0.29, 0.717) is 11.4 Å². The first-order valence-corrected chi connectivity index (χ1v) is 8.35. The minimum atomic E-state index is -3.67. The summed E-state index contributed by atoms with van der Waals surface area (Å²) in [6, 6.07) is 1.59. The van der Waals surface area contributed by atoms with Crippen molar-refractivity contribution in [3.8, 4) is 0 Å². The highest BCUT2D eigenvalue weighted by Gasteiger charge is 2.20. The Hall–Kier alpha value is -1.06. The van der Waals surface area contributed by atoms with Gasteiger partial charge in [0.05, 0.1) is 15.2 Å². The number of hydrogen-bond donors (Lipinski definition) is 1.